The Labute approximate surface area is 144 Å². The van der Waals surface area contributed by atoms with Gasteiger partial charge in [-0.3, -0.25) is 14.7 Å². The molecule has 2 N–H and O–H groups in total. The molecule has 0 radical (unpaired) electrons. The zero-order valence-corrected chi connectivity index (χ0v) is 13.9. The van der Waals surface area contributed by atoms with Crippen LogP contribution in [0.5, 0.6) is 0 Å². The van der Waals surface area contributed by atoms with E-state index in [1.165, 1.54) is 11.1 Å². The topological polar surface area (TPSA) is 62.5 Å². The van der Waals surface area contributed by atoms with Crippen LogP contribution in [0.2, 0.25) is 0 Å². The highest BCUT2D eigenvalue weighted by Gasteiger charge is 2.32. The maximum Gasteiger partial charge on any atom is 0.401 e. The van der Waals surface area contributed by atoms with E-state index >= 15 is 0 Å². The Hall–Kier alpha value is -1.09. The molecule has 1 aromatic heterocycles. The van der Waals surface area contributed by atoms with Crippen molar-refractivity contribution in [2.75, 3.05) is 32.7 Å². The van der Waals surface area contributed by atoms with E-state index in [0.717, 1.165) is 0 Å². The van der Waals surface area contributed by atoms with Crippen molar-refractivity contribution in [2.24, 2.45) is 5.73 Å². The number of amides is 1. The molecule has 1 aliphatic heterocycles. The minimum Gasteiger partial charge on any atom is -0.336 e. The Morgan fingerprint density at radius 3 is 2.35 bits per heavy atom. The molecule has 1 saturated heterocycles. The molecule has 0 unspecified atom stereocenters. The Kier molecular flexibility index (Phi) is 8.83. The van der Waals surface area contributed by atoms with Crippen molar-refractivity contribution in [3.8, 4) is 0 Å². The third-order valence-corrected chi connectivity index (χ3v) is 3.34. The zero-order chi connectivity index (χ0) is 15.5. The van der Waals surface area contributed by atoms with Crippen LogP contribution in [-0.2, 0) is 6.54 Å². The van der Waals surface area contributed by atoms with Crippen molar-refractivity contribution in [1.82, 2.24) is 14.8 Å². The minimum absolute atomic E-state index is 0. The van der Waals surface area contributed by atoms with Crippen LogP contribution in [0.15, 0.2) is 18.3 Å². The van der Waals surface area contributed by atoms with Crippen molar-refractivity contribution in [3.05, 3.63) is 29.6 Å². The van der Waals surface area contributed by atoms with E-state index in [1.54, 1.807) is 17.0 Å². The van der Waals surface area contributed by atoms with Gasteiger partial charge in [-0.15, -0.1) is 24.8 Å². The molecule has 0 atom stereocenters. The number of piperazine rings is 1. The van der Waals surface area contributed by atoms with Crippen molar-refractivity contribution < 1.29 is 18.0 Å². The van der Waals surface area contributed by atoms with Gasteiger partial charge in [0, 0.05) is 44.5 Å². The summed E-state index contributed by atoms with van der Waals surface area (Å²) in [6, 6.07) is 3.20. The second-order valence-corrected chi connectivity index (χ2v) is 4.92. The summed E-state index contributed by atoms with van der Waals surface area (Å²) >= 11 is 0. The number of hydrogen-bond acceptors (Lipinski definition) is 4. The normalized spacial score (nSPS) is 15.6. The first kappa shape index (κ1) is 21.9. The van der Waals surface area contributed by atoms with Gasteiger partial charge in [-0.2, -0.15) is 13.2 Å². The van der Waals surface area contributed by atoms with E-state index in [4.69, 9.17) is 5.73 Å². The largest absolute Gasteiger partial charge is 0.401 e. The lowest BCUT2D eigenvalue weighted by molar-refractivity contribution is -0.148. The first-order valence-corrected chi connectivity index (χ1v) is 6.62. The molecule has 10 heteroatoms. The predicted molar refractivity (Wildman–Crippen MR) is 85.0 cm³/mol. The Balaban J connectivity index is 0.00000242. The number of alkyl halides is 3. The summed E-state index contributed by atoms with van der Waals surface area (Å²) in [5.41, 5.74) is 6.55. The summed E-state index contributed by atoms with van der Waals surface area (Å²) in [5, 5.41) is 0. The summed E-state index contributed by atoms with van der Waals surface area (Å²) < 4.78 is 36.9. The SMILES string of the molecule is Cl.Cl.NCc1cc(C(=O)N2CCN(CC(F)(F)F)CC2)ccn1. The standard InChI is InChI=1S/C13H17F3N4O.2ClH/c14-13(15,16)9-19-3-5-20(6-4-19)12(21)10-1-2-18-11(7-10)8-17;;/h1-2,7H,3-6,8-9,17H2;2*1H. The van der Waals surface area contributed by atoms with Gasteiger partial charge in [-0.05, 0) is 12.1 Å². The zero-order valence-electron chi connectivity index (χ0n) is 12.3. The molecule has 132 valence electrons. The van der Waals surface area contributed by atoms with Crippen LogP contribution in [0.1, 0.15) is 16.1 Å². The van der Waals surface area contributed by atoms with Gasteiger partial charge >= 0.3 is 6.18 Å². The summed E-state index contributed by atoms with van der Waals surface area (Å²) in [7, 11) is 0. The van der Waals surface area contributed by atoms with E-state index in [-0.39, 0.29) is 63.4 Å². The Bertz CT molecular complexity index is 508. The molecule has 23 heavy (non-hydrogen) atoms. The highest BCUT2D eigenvalue weighted by molar-refractivity contribution is 5.94. The third-order valence-electron chi connectivity index (χ3n) is 3.34. The first-order valence-electron chi connectivity index (χ1n) is 6.62. The molecule has 2 rings (SSSR count). The molecule has 0 aliphatic carbocycles. The molecular formula is C13H19Cl2F3N4O. The number of rotatable bonds is 3. The van der Waals surface area contributed by atoms with E-state index in [9.17, 15) is 18.0 Å². The minimum atomic E-state index is -4.20. The predicted octanol–water partition coefficient (Wildman–Crippen LogP) is 1.70. The van der Waals surface area contributed by atoms with Crippen molar-refractivity contribution in [3.63, 3.8) is 0 Å². The van der Waals surface area contributed by atoms with Crippen LogP contribution in [0, 0.1) is 0 Å². The molecule has 2 heterocycles. The van der Waals surface area contributed by atoms with E-state index in [1.807, 2.05) is 0 Å². The van der Waals surface area contributed by atoms with Gasteiger partial charge in [-0.1, -0.05) is 0 Å². The molecular weight excluding hydrogens is 356 g/mol. The fourth-order valence-corrected chi connectivity index (χ4v) is 2.27. The summed E-state index contributed by atoms with van der Waals surface area (Å²) in [5.74, 6) is -0.196. The highest BCUT2D eigenvalue weighted by Crippen LogP contribution is 2.18. The molecule has 0 aromatic carbocycles. The number of nitrogens with two attached hydrogens (primary N) is 1. The van der Waals surface area contributed by atoms with Crippen LogP contribution in [0.4, 0.5) is 13.2 Å². The average molecular weight is 375 g/mol. The van der Waals surface area contributed by atoms with Gasteiger partial charge in [0.1, 0.15) is 0 Å². The number of aromatic nitrogens is 1. The number of halogens is 5. The number of carbonyl (C=O) groups excluding carboxylic acids is 1. The fourth-order valence-electron chi connectivity index (χ4n) is 2.27. The smallest absolute Gasteiger partial charge is 0.336 e. The van der Waals surface area contributed by atoms with E-state index in [2.05, 4.69) is 4.98 Å². The maximum absolute atomic E-state index is 12.3. The third kappa shape index (κ3) is 6.50. The van der Waals surface area contributed by atoms with Crippen LogP contribution >= 0.6 is 24.8 Å². The molecule has 1 aromatic rings. The van der Waals surface area contributed by atoms with Crippen molar-refractivity contribution in [1.29, 1.82) is 0 Å². The Morgan fingerprint density at radius 1 is 1.22 bits per heavy atom. The van der Waals surface area contributed by atoms with E-state index < -0.39 is 12.7 Å². The van der Waals surface area contributed by atoms with Crippen LogP contribution in [-0.4, -0.2) is 59.6 Å². The number of carbonyl (C=O) groups is 1. The molecule has 5 nitrogen and oxygen atoms in total. The number of pyridine rings is 1. The van der Waals surface area contributed by atoms with E-state index in [0.29, 0.717) is 11.3 Å². The lowest BCUT2D eigenvalue weighted by Gasteiger charge is -2.35. The van der Waals surface area contributed by atoms with Gasteiger partial charge in [0.15, 0.2) is 0 Å². The lowest BCUT2D eigenvalue weighted by atomic mass is 10.2. The molecule has 0 saturated carbocycles. The van der Waals surface area contributed by atoms with Gasteiger partial charge < -0.3 is 10.6 Å². The second kappa shape index (κ2) is 9.27. The molecule has 1 aliphatic rings. The van der Waals surface area contributed by atoms with Gasteiger partial charge in [0.05, 0.1) is 12.2 Å². The molecule has 1 amide bonds. The van der Waals surface area contributed by atoms with Crippen LogP contribution in [0.3, 0.4) is 0 Å². The first-order chi connectivity index (χ1) is 9.89. The van der Waals surface area contributed by atoms with Gasteiger partial charge in [0.25, 0.3) is 5.91 Å². The second-order valence-electron chi connectivity index (χ2n) is 4.92. The van der Waals surface area contributed by atoms with Crippen LogP contribution in [0.25, 0.3) is 0 Å². The number of nitrogens with zero attached hydrogens (tertiary/aromatic N) is 3. The summed E-state index contributed by atoms with van der Waals surface area (Å²) in [6.07, 6.45) is -2.69. The lowest BCUT2D eigenvalue weighted by Crippen LogP contribution is -2.50. The number of hydrogen-bond donors (Lipinski definition) is 1. The summed E-state index contributed by atoms with van der Waals surface area (Å²) in [6.45, 7) is 0.326. The van der Waals surface area contributed by atoms with Gasteiger partial charge in [-0.25, -0.2) is 0 Å². The van der Waals surface area contributed by atoms with Crippen LogP contribution < -0.4 is 5.73 Å². The summed E-state index contributed by atoms with van der Waals surface area (Å²) in [4.78, 5) is 19.2. The fraction of sp³-hybridized carbons (Fsp3) is 0.538. The average Bonchev–Trinajstić information content (AvgIpc) is 2.46. The monoisotopic (exact) mass is 374 g/mol. The molecule has 0 bridgehead atoms. The molecule has 0 spiro atoms. The Morgan fingerprint density at radius 2 is 1.83 bits per heavy atom. The van der Waals surface area contributed by atoms with Crippen molar-refractivity contribution in [2.45, 2.75) is 12.7 Å². The molecule has 1 fully saturated rings. The highest BCUT2D eigenvalue weighted by atomic mass is 35.5. The van der Waals surface area contributed by atoms with Gasteiger partial charge in [0.2, 0.25) is 0 Å². The van der Waals surface area contributed by atoms with Crippen molar-refractivity contribution >= 4 is 30.7 Å². The maximum atomic E-state index is 12.3. The quantitative estimate of drug-likeness (QED) is 0.874.